The number of hydrogen-bond donors (Lipinski definition) is 0. The van der Waals surface area contributed by atoms with E-state index < -0.39 is 0 Å². The van der Waals surface area contributed by atoms with Crippen molar-refractivity contribution in [1.29, 1.82) is 0 Å². The van der Waals surface area contributed by atoms with Crippen molar-refractivity contribution in [2.24, 2.45) is 34.0 Å². The SMILES string of the molecule is CC(=O)O[C@H]1CC[C@]2(C)[C@H]3CC[C@]4(C)Oc5oc(C)cc(=O)c5C[C@H]4[C@]3(C)CC[C@H]2C1(C)C. The van der Waals surface area contributed by atoms with Gasteiger partial charge in [0.1, 0.15) is 17.5 Å². The van der Waals surface area contributed by atoms with Gasteiger partial charge in [-0.1, -0.05) is 27.7 Å². The van der Waals surface area contributed by atoms with Gasteiger partial charge in [0.25, 0.3) is 5.95 Å². The summed E-state index contributed by atoms with van der Waals surface area (Å²) in [5.41, 5.74) is 0.690. The van der Waals surface area contributed by atoms with Crippen LogP contribution in [0.5, 0.6) is 5.95 Å². The standard InChI is InChI=1S/C28H40O5/c1-16-14-19(30)18-15-22-27(6)11-8-20-25(3,4)23(32-17(2)29)10-12-26(20,5)21(27)9-13-28(22,7)33-24(18)31-16/h14,20-23H,8-13,15H2,1-7H3/t20-,21+,22-,23-,26-,27+,28-/m0/s1. The molecule has 0 N–H and O–H groups in total. The molecule has 0 bridgehead atoms. The third-order valence-corrected chi connectivity index (χ3v) is 10.7. The van der Waals surface area contributed by atoms with Crippen LogP contribution in [0.15, 0.2) is 15.3 Å². The topological polar surface area (TPSA) is 65.7 Å². The van der Waals surface area contributed by atoms with Gasteiger partial charge in [0.2, 0.25) is 0 Å². The summed E-state index contributed by atoms with van der Waals surface area (Å²) in [5, 5.41) is 0. The Hall–Kier alpha value is -1.78. The van der Waals surface area contributed by atoms with Crippen molar-refractivity contribution in [2.45, 2.75) is 105 Å². The number of ether oxygens (including phenoxy) is 2. The lowest BCUT2D eigenvalue weighted by Crippen LogP contribution is -2.66. The molecule has 0 radical (unpaired) electrons. The van der Waals surface area contributed by atoms with Crippen LogP contribution in [0.2, 0.25) is 0 Å². The first kappa shape index (κ1) is 23.0. The first-order chi connectivity index (χ1) is 15.3. The van der Waals surface area contributed by atoms with E-state index in [0.29, 0.717) is 23.5 Å². The summed E-state index contributed by atoms with van der Waals surface area (Å²) in [5.74, 6) is 2.24. The number of aryl methyl sites for hydroxylation is 1. The van der Waals surface area contributed by atoms with Crippen molar-refractivity contribution >= 4 is 5.97 Å². The van der Waals surface area contributed by atoms with Gasteiger partial charge < -0.3 is 13.9 Å². The molecule has 3 saturated carbocycles. The molecule has 1 aromatic rings. The Balaban J connectivity index is 1.52. The quantitative estimate of drug-likeness (QED) is 0.497. The van der Waals surface area contributed by atoms with Crippen LogP contribution in [-0.4, -0.2) is 17.7 Å². The molecule has 3 aliphatic carbocycles. The zero-order valence-corrected chi connectivity index (χ0v) is 21.4. The highest BCUT2D eigenvalue weighted by molar-refractivity contribution is 5.66. The average Bonchev–Trinajstić information content (AvgIpc) is 2.68. The third kappa shape index (κ3) is 3.16. The molecule has 5 rings (SSSR count). The molecular weight excluding hydrogens is 416 g/mol. The molecule has 3 fully saturated rings. The molecule has 182 valence electrons. The normalized spacial score (nSPS) is 43.2. The summed E-state index contributed by atoms with van der Waals surface area (Å²) in [6.45, 7) is 15.2. The predicted molar refractivity (Wildman–Crippen MR) is 126 cm³/mol. The Kier molecular flexibility index (Phi) is 4.96. The summed E-state index contributed by atoms with van der Waals surface area (Å²) in [6, 6.07) is 1.60. The molecule has 0 spiro atoms. The smallest absolute Gasteiger partial charge is 0.302 e. The van der Waals surface area contributed by atoms with Crippen molar-refractivity contribution in [1.82, 2.24) is 0 Å². The fourth-order valence-electron chi connectivity index (χ4n) is 9.22. The number of fused-ring (bicyclic) bond motifs is 6. The number of rotatable bonds is 1. The molecule has 0 saturated heterocycles. The second kappa shape index (κ2) is 7.11. The second-order valence-electron chi connectivity index (χ2n) is 12.8. The Morgan fingerprint density at radius 3 is 2.30 bits per heavy atom. The van der Waals surface area contributed by atoms with E-state index in [1.54, 1.807) is 6.07 Å². The van der Waals surface area contributed by atoms with Crippen LogP contribution in [0.25, 0.3) is 0 Å². The number of hydrogen-bond acceptors (Lipinski definition) is 5. The Bertz CT molecular complexity index is 1040. The van der Waals surface area contributed by atoms with Gasteiger partial charge in [0.05, 0.1) is 5.56 Å². The number of esters is 1. The van der Waals surface area contributed by atoms with E-state index in [0.717, 1.165) is 50.5 Å². The first-order valence-electron chi connectivity index (χ1n) is 12.8. The van der Waals surface area contributed by atoms with Gasteiger partial charge in [0.15, 0.2) is 5.43 Å². The van der Waals surface area contributed by atoms with E-state index >= 15 is 0 Å². The molecule has 2 heterocycles. The van der Waals surface area contributed by atoms with Gasteiger partial charge in [-0.25, -0.2) is 0 Å². The van der Waals surface area contributed by atoms with E-state index in [-0.39, 0.29) is 45.3 Å². The second-order valence-corrected chi connectivity index (χ2v) is 12.8. The van der Waals surface area contributed by atoms with Crippen LogP contribution in [-0.2, 0) is 16.0 Å². The van der Waals surface area contributed by atoms with E-state index in [1.807, 2.05) is 6.92 Å². The van der Waals surface area contributed by atoms with Crippen LogP contribution in [0, 0.1) is 40.9 Å². The largest absolute Gasteiger partial charge is 0.462 e. The minimum atomic E-state index is -0.310. The van der Waals surface area contributed by atoms with E-state index in [2.05, 4.69) is 34.6 Å². The van der Waals surface area contributed by atoms with Gasteiger partial charge in [-0.2, -0.15) is 0 Å². The predicted octanol–water partition coefficient (Wildman–Crippen LogP) is 5.84. The summed E-state index contributed by atoms with van der Waals surface area (Å²) < 4.78 is 18.2. The zero-order chi connectivity index (χ0) is 24.0. The van der Waals surface area contributed by atoms with Crippen LogP contribution in [0.4, 0.5) is 0 Å². The van der Waals surface area contributed by atoms with Gasteiger partial charge in [-0.3, -0.25) is 9.59 Å². The highest BCUT2D eigenvalue weighted by Crippen LogP contribution is 2.70. The number of carbonyl (C=O) groups is 1. The molecule has 7 atom stereocenters. The highest BCUT2D eigenvalue weighted by Gasteiger charge is 2.67. The van der Waals surface area contributed by atoms with Crippen molar-refractivity contribution < 1.29 is 18.7 Å². The lowest BCUT2D eigenvalue weighted by atomic mass is 9.37. The molecular formula is C28H40O5. The van der Waals surface area contributed by atoms with Crippen LogP contribution in [0.3, 0.4) is 0 Å². The molecule has 1 aliphatic heterocycles. The Morgan fingerprint density at radius 1 is 0.970 bits per heavy atom. The molecule has 33 heavy (non-hydrogen) atoms. The van der Waals surface area contributed by atoms with Gasteiger partial charge in [-0.15, -0.1) is 0 Å². The van der Waals surface area contributed by atoms with E-state index in [9.17, 15) is 9.59 Å². The van der Waals surface area contributed by atoms with E-state index in [1.165, 1.54) is 6.92 Å². The van der Waals surface area contributed by atoms with E-state index in [4.69, 9.17) is 13.9 Å². The summed E-state index contributed by atoms with van der Waals surface area (Å²) >= 11 is 0. The first-order valence-corrected chi connectivity index (χ1v) is 12.8. The van der Waals surface area contributed by atoms with Gasteiger partial charge in [0, 0.05) is 24.3 Å². The highest BCUT2D eigenvalue weighted by atomic mass is 16.6. The molecule has 4 aliphatic rings. The van der Waals surface area contributed by atoms with Gasteiger partial charge in [-0.05, 0) is 81.5 Å². The van der Waals surface area contributed by atoms with Crippen LogP contribution >= 0.6 is 0 Å². The minimum absolute atomic E-state index is 0.0101. The zero-order valence-electron chi connectivity index (χ0n) is 21.4. The summed E-state index contributed by atoms with van der Waals surface area (Å²) in [7, 11) is 0. The summed E-state index contributed by atoms with van der Waals surface area (Å²) in [4.78, 5) is 24.6. The third-order valence-electron chi connectivity index (χ3n) is 10.7. The molecule has 5 nitrogen and oxygen atoms in total. The van der Waals surface area contributed by atoms with Crippen molar-refractivity contribution in [3.8, 4) is 5.95 Å². The maximum Gasteiger partial charge on any atom is 0.302 e. The minimum Gasteiger partial charge on any atom is -0.462 e. The lowest BCUT2D eigenvalue weighted by Gasteiger charge is -2.69. The number of carbonyl (C=O) groups excluding carboxylic acids is 1. The van der Waals surface area contributed by atoms with Crippen molar-refractivity contribution in [3.63, 3.8) is 0 Å². The molecule has 1 aromatic heterocycles. The average molecular weight is 457 g/mol. The van der Waals surface area contributed by atoms with Gasteiger partial charge >= 0.3 is 5.97 Å². The molecule has 0 aromatic carbocycles. The fourth-order valence-corrected chi connectivity index (χ4v) is 9.22. The Labute approximate surface area is 197 Å². The maximum atomic E-state index is 12.8. The molecule has 0 amide bonds. The Morgan fingerprint density at radius 2 is 1.61 bits per heavy atom. The monoisotopic (exact) mass is 456 g/mol. The van der Waals surface area contributed by atoms with Crippen LogP contribution < -0.4 is 10.2 Å². The van der Waals surface area contributed by atoms with Crippen molar-refractivity contribution in [3.05, 3.63) is 27.6 Å². The maximum absolute atomic E-state index is 12.8. The lowest BCUT2D eigenvalue weighted by molar-refractivity contribution is -0.230. The fraction of sp³-hybridized carbons (Fsp3) is 0.786. The molecule has 0 unspecified atom stereocenters. The summed E-state index contributed by atoms with van der Waals surface area (Å²) in [6.07, 6.45) is 7.07. The van der Waals surface area contributed by atoms with Crippen molar-refractivity contribution in [2.75, 3.05) is 0 Å². The van der Waals surface area contributed by atoms with Crippen LogP contribution in [0.1, 0.15) is 91.4 Å². The molecule has 5 heteroatoms.